The van der Waals surface area contributed by atoms with Gasteiger partial charge in [-0.15, -0.1) is 0 Å². The predicted octanol–water partition coefficient (Wildman–Crippen LogP) is 3.17. The number of unbranched alkanes of at least 4 members (excludes halogenated alkanes) is 1. The van der Waals surface area contributed by atoms with Crippen LogP contribution in [-0.4, -0.2) is 32.8 Å². The summed E-state index contributed by atoms with van der Waals surface area (Å²) in [5, 5.41) is 16.2. The molecule has 2 aromatic rings. The van der Waals surface area contributed by atoms with Crippen LogP contribution in [0.25, 0.3) is 5.69 Å². The lowest BCUT2D eigenvalue weighted by Crippen LogP contribution is -2.40. The predicted molar refractivity (Wildman–Crippen MR) is 96.2 cm³/mol. The smallest absolute Gasteiger partial charge is 0.326 e. The highest BCUT2D eigenvalue weighted by molar-refractivity contribution is 5.97. The Bertz CT molecular complexity index is 780. The number of hydrogen-bond acceptors (Lipinski definition) is 3. The zero-order valence-corrected chi connectivity index (χ0v) is 15.2. The number of carbonyl (C=O) groups excluding carboxylic acids is 1. The zero-order chi connectivity index (χ0) is 18.6. The van der Waals surface area contributed by atoms with E-state index in [9.17, 15) is 14.7 Å². The molecule has 6 nitrogen and oxygen atoms in total. The molecule has 0 spiro atoms. The van der Waals surface area contributed by atoms with Crippen LogP contribution in [0.2, 0.25) is 0 Å². The summed E-state index contributed by atoms with van der Waals surface area (Å²) in [7, 11) is 0. The van der Waals surface area contributed by atoms with Crippen molar-refractivity contribution in [3.63, 3.8) is 0 Å². The summed E-state index contributed by atoms with van der Waals surface area (Å²) >= 11 is 0. The van der Waals surface area contributed by atoms with Gasteiger partial charge in [0.2, 0.25) is 0 Å². The number of nitrogens with zero attached hydrogens (tertiary/aromatic N) is 2. The second-order valence-corrected chi connectivity index (χ2v) is 6.35. The average Bonchev–Trinajstić information content (AvgIpc) is 2.94. The van der Waals surface area contributed by atoms with Gasteiger partial charge in [-0.25, -0.2) is 9.48 Å². The monoisotopic (exact) mass is 343 g/mol. The van der Waals surface area contributed by atoms with Gasteiger partial charge in [0, 0.05) is 0 Å². The van der Waals surface area contributed by atoms with Gasteiger partial charge in [0.15, 0.2) is 0 Å². The van der Waals surface area contributed by atoms with Crippen LogP contribution in [0.4, 0.5) is 0 Å². The molecule has 0 fully saturated rings. The summed E-state index contributed by atoms with van der Waals surface area (Å²) in [5.41, 5.74) is 4.15. The van der Waals surface area contributed by atoms with Gasteiger partial charge in [-0.3, -0.25) is 4.79 Å². The number of amides is 1. The molecule has 2 N–H and O–H groups in total. The third-order valence-electron chi connectivity index (χ3n) is 4.30. The van der Waals surface area contributed by atoms with Crippen LogP contribution in [0.3, 0.4) is 0 Å². The number of aliphatic carboxylic acids is 1. The van der Waals surface area contributed by atoms with Gasteiger partial charge in [-0.2, -0.15) is 5.10 Å². The van der Waals surface area contributed by atoms with Gasteiger partial charge in [-0.05, 0) is 44.4 Å². The first-order valence-corrected chi connectivity index (χ1v) is 8.51. The van der Waals surface area contributed by atoms with E-state index in [1.54, 1.807) is 4.68 Å². The Morgan fingerprint density at radius 3 is 2.64 bits per heavy atom. The number of benzene rings is 1. The summed E-state index contributed by atoms with van der Waals surface area (Å²) in [4.78, 5) is 23.8. The van der Waals surface area contributed by atoms with Gasteiger partial charge >= 0.3 is 5.97 Å². The van der Waals surface area contributed by atoms with E-state index >= 15 is 0 Å². The van der Waals surface area contributed by atoms with Crippen LogP contribution in [0.5, 0.6) is 0 Å². The van der Waals surface area contributed by atoms with E-state index < -0.39 is 17.9 Å². The molecule has 1 aromatic carbocycles. The second kappa shape index (κ2) is 7.96. The Hall–Kier alpha value is -2.63. The molecule has 1 atom stereocenters. The maximum Gasteiger partial charge on any atom is 0.326 e. The van der Waals surface area contributed by atoms with Crippen molar-refractivity contribution in [2.75, 3.05) is 0 Å². The van der Waals surface area contributed by atoms with Crippen molar-refractivity contribution in [1.82, 2.24) is 15.1 Å². The number of aryl methyl sites for hydroxylation is 2. The Kier molecular flexibility index (Phi) is 5.96. The van der Waals surface area contributed by atoms with Crippen LogP contribution in [0, 0.1) is 20.8 Å². The lowest BCUT2D eigenvalue weighted by atomic mass is 10.1. The molecule has 0 radical (unpaired) electrons. The highest BCUT2D eigenvalue weighted by Gasteiger charge is 2.23. The number of rotatable bonds is 7. The first kappa shape index (κ1) is 18.7. The second-order valence-electron chi connectivity index (χ2n) is 6.35. The van der Waals surface area contributed by atoms with Crippen molar-refractivity contribution in [2.45, 2.75) is 53.0 Å². The zero-order valence-electron chi connectivity index (χ0n) is 15.2. The third-order valence-corrected chi connectivity index (χ3v) is 4.30. The van der Waals surface area contributed by atoms with Crippen LogP contribution in [0.15, 0.2) is 24.4 Å². The van der Waals surface area contributed by atoms with Gasteiger partial charge in [0.1, 0.15) is 6.04 Å². The van der Waals surface area contributed by atoms with Crippen molar-refractivity contribution in [3.05, 3.63) is 46.8 Å². The average molecular weight is 343 g/mol. The number of carbonyl (C=O) groups is 2. The highest BCUT2D eigenvalue weighted by atomic mass is 16.4. The minimum Gasteiger partial charge on any atom is -0.480 e. The maximum atomic E-state index is 12.5. The van der Waals surface area contributed by atoms with Crippen molar-refractivity contribution >= 4 is 11.9 Å². The number of carboxylic acids is 1. The molecule has 2 rings (SSSR count). The summed E-state index contributed by atoms with van der Waals surface area (Å²) in [6, 6.07) is 5.17. The normalized spacial score (nSPS) is 12.0. The van der Waals surface area contributed by atoms with E-state index in [0.717, 1.165) is 29.7 Å². The van der Waals surface area contributed by atoms with Crippen molar-refractivity contribution in [3.8, 4) is 5.69 Å². The van der Waals surface area contributed by atoms with Gasteiger partial charge in [-0.1, -0.05) is 31.9 Å². The van der Waals surface area contributed by atoms with E-state index in [1.165, 1.54) is 6.20 Å². The molecule has 25 heavy (non-hydrogen) atoms. The first-order valence-electron chi connectivity index (χ1n) is 8.51. The van der Waals surface area contributed by atoms with Gasteiger partial charge in [0.05, 0.1) is 23.1 Å². The minimum atomic E-state index is -1.01. The molecule has 1 aromatic heterocycles. The largest absolute Gasteiger partial charge is 0.480 e. The number of nitrogens with one attached hydrogen (secondary N) is 1. The van der Waals surface area contributed by atoms with E-state index in [1.807, 2.05) is 45.9 Å². The maximum absolute atomic E-state index is 12.5. The standard InChI is InChI=1S/C19H25N3O3/c1-5-6-7-16(19(24)25)21-18(23)15-11-20-22(14(15)4)17-10-12(2)8-9-13(17)3/h8-11,16H,5-7H2,1-4H3,(H,21,23)(H,24,25)/t16-/m0/s1. The molecule has 0 aliphatic rings. The van der Waals surface area contributed by atoms with Crippen LogP contribution in [0.1, 0.15) is 53.4 Å². The van der Waals surface area contributed by atoms with Gasteiger partial charge < -0.3 is 10.4 Å². The fourth-order valence-corrected chi connectivity index (χ4v) is 2.72. The fraction of sp³-hybridized carbons (Fsp3) is 0.421. The molecular weight excluding hydrogens is 318 g/mol. The van der Waals surface area contributed by atoms with Crippen LogP contribution >= 0.6 is 0 Å². The molecule has 0 aliphatic heterocycles. The lowest BCUT2D eigenvalue weighted by molar-refractivity contribution is -0.139. The van der Waals surface area contributed by atoms with Crippen LogP contribution < -0.4 is 5.32 Å². The Labute approximate surface area is 147 Å². The van der Waals surface area contributed by atoms with Crippen LogP contribution in [-0.2, 0) is 4.79 Å². The Morgan fingerprint density at radius 2 is 2.00 bits per heavy atom. The molecular formula is C19H25N3O3. The quantitative estimate of drug-likeness (QED) is 0.809. The first-order chi connectivity index (χ1) is 11.8. The summed E-state index contributed by atoms with van der Waals surface area (Å²) < 4.78 is 1.72. The van der Waals surface area contributed by atoms with Crippen molar-refractivity contribution < 1.29 is 14.7 Å². The lowest BCUT2D eigenvalue weighted by Gasteiger charge is -2.14. The molecule has 0 unspecified atom stereocenters. The van der Waals surface area contributed by atoms with Crippen molar-refractivity contribution in [2.24, 2.45) is 0 Å². The minimum absolute atomic E-state index is 0.392. The summed E-state index contributed by atoms with van der Waals surface area (Å²) in [5.74, 6) is -1.42. The molecule has 0 aliphatic carbocycles. The number of aromatic nitrogens is 2. The fourth-order valence-electron chi connectivity index (χ4n) is 2.72. The topological polar surface area (TPSA) is 84.2 Å². The molecule has 1 heterocycles. The summed E-state index contributed by atoms with van der Waals surface area (Å²) in [6.45, 7) is 7.78. The highest BCUT2D eigenvalue weighted by Crippen LogP contribution is 2.19. The molecule has 134 valence electrons. The summed E-state index contributed by atoms with van der Waals surface area (Å²) in [6.07, 6.45) is 3.54. The Balaban J connectivity index is 2.26. The van der Waals surface area contributed by atoms with Crippen molar-refractivity contribution in [1.29, 1.82) is 0 Å². The Morgan fingerprint density at radius 1 is 1.28 bits per heavy atom. The van der Waals surface area contributed by atoms with E-state index in [2.05, 4.69) is 10.4 Å². The molecule has 0 saturated carbocycles. The van der Waals surface area contributed by atoms with E-state index in [4.69, 9.17) is 0 Å². The van der Waals surface area contributed by atoms with E-state index in [-0.39, 0.29) is 0 Å². The number of hydrogen-bond donors (Lipinski definition) is 2. The molecule has 0 saturated heterocycles. The van der Waals surface area contributed by atoms with E-state index in [0.29, 0.717) is 17.7 Å². The third kappa shape index (κ3) is 4.26. The van der Waals surface area contributed by atoms with Gasteiger partial charge in [0.25, 0.3) is 5.91 Å². The number of carboxylic acid groups (broad SMARTS) is 1. The molecule has 6 heteroatoms. The molecule has 0 bridgehead atoms. The SMILES string of the molecule is CCCC[C@H](NC(=O)c1cnn(-c2cc(C)ccc2C)c1C)C(=O)O. The molecule has 1 amide bonds.